The molecule has 0 saturated carbocycles. The first-order chi connectivity index (χ1) is 8.97. The third-order valence-electron chi connectivity index (χ3n) is 4.28. The lowest BCUT2D eigenvalue weighted by Crippen LogP contribution is -2.52. The maximum Gasteiger partial charge on any atom is 0.242 e. The Bertz CT molecular complexity index is 468. The molecule has 1 aromatic rings. The summed E-state index contributed by atoms with van der Waals surface area (Å²) in [7, 11) is 0. The summed E-state index contributed by atoms with van der Waals surface area (Å²) >= 11 is 0. The summed E-state index contributed by atoms with van der Waals surface area (Å²) in [4.78, 5) is 14.6. The molecule has 0 radical (unpaired) electrons. The van der Waals surface area contributed by atoms with Gasteiger partial charge in [-0.05, 0) is 44.2 Å². The van der Waals surface area contributed by atoms with Gasteiger partial charge < -0.3 is 10.6 Å². The van der Waals surface area contributed by atoms with E-state index in [0.29, 0.717) is 6.42 Å². The molecule has 0 bridgehead atoms. The van der Waals surface area contributed by atoms with Gasteiger partial charge in [0.05, 0.1) is 11.6 Å². The van der Waals surface area contributed by atoms with Crippen LogP contribution in [0.3, 0.4) is 0 Å². The Morgan fingerprint density at radius 3 is 2.79 bits per heavy atom. The van der Waals surface area contributed by atoms with Gasteiger partial charge in [0.15, 0.2) is 0 Å². The van der Waals surface area contributed by atoms with Crippen molar-refractivity contribution >= 4 is 5.91 Å². The fraction of sp³-hybridized carbons (Fsp3) is 0.562. The molecule has 1 aliphatic heterocycles. The number of hydrogen-bond acceptors (Lipinski definition) is 2. The van der Waals surface area contributed by atoms with Crippen LogP contribution < -0.4 is 5.73 Å². The summed E-state index contributed by atoms with van der Waals surface area (Å²) in [6.07, 6.45) is 2.77. The van der Waals surface area contributed by atoms with Crippen LogP contribution in [0.5, 0.6) is 0 Å². The summed E-state index contributed by atoms with van der Waals surface area (Å²) in [5, 5.41) is 0. The van der Waals surface area contributed by atoms with Crippen molar-refractivity contribution in [3.05, 3.63) is 35.4 Å². The number of carbonyl (C=O) groups is 1. The van der Waals surface area contributed by atoms with Crippen LogP contribution in [0.1, 0.15) is 50.3 Å². The number of carbonyl (C=O) groups excluding carboxylic acids is 1. The van der Waals surface area contributed by atoms with Gasteiger partial charge in [-0.15, -0.1) is 0 Å². The molecular formula is C16H24N2O. The molecule has 1 amide bonds. The van der Waals surface area contributed by atoms with Crippen molar-refractivity contribution in [2.75, 3.05) is 6.54 Å². The van der Waals surface area contributed by atoms with Crippen LogP contribution in [0.4, 0.5) is 0 Å². The van der Waals surface area contributed by atoms with Crippen LogP contribution in [-0.2, 0) is 4.79 Å². The minimum Gasteiger partial charge on any atom is -0.334 e. The van der Waals surface area contributed by atoms with Crippen LogP contribution in [-0.4, -0.2) is 22.9 Å². The minimum absolute atomic E-state index is 0.0840. The van der Waals surface area contributed by atoms with E-state index in [0.717, 1.165) is 19.4 Å². The average molecular weight is 260 g/mol. The maximum absolute atomic E-state index is 12.6. The second kappa shape index (κ2) is 5.33. The summed E-state index contributed by atoms with van der Waals surface area (Å²) in [6.45, 7) is 6.74. The van der Waals surface area contributed by atoms with Gasteiger partial charge in [-0.3, -0.25) is 4.79 Å². The summed E-state index contributed by atoms with van der Waals surface area (Å²) in [5.74, 6) is 0.0840. The zero-order valence-corrected chi connectivity index (χ0v) is 12.1. The lowest BCUT2D eigenvalue weighted by atomic mass is 9.95. The molecule has 1 saturated heterocycles. The zero-order valence-electron chi connectivity index (χ0n) is 12.1. The van der Waals surface area contributed by atoms with Gasteiger partial charge in [0.25, 0.3) is 0 Å². The Hall–Kier alpha value is -1.35. The van der Waals surface area contributed by atoms with Crippen molar-refractivity contribution in [2.24, 2.45) is 5.73 Å². The van der Waals surface area contributed by atoms with E-state index in [4.69, 9.17) is 5.73 Å². The molecule has 104 valence electrons. The Kier molecular flexibility index (Phi) is 3.95. The van der Waals surface area contributed by atoms with E-state index in [9.17, 15) is 4.79 Å². The third-order valence-corrected chi connectivity index (χ3v) is 4.28. The lowest BCUT2D eigenvalue weighted by Gasteiger charge is -2.33. The smallest absolute Gasteiger partial charge is 0.242 e. The van der Waals surface area contributed by atoms with Crippen LogP contribution >= 0.6 is 0 Å². The number of hydrogen-bond donors (Lipinski definition) is 1. The van der Waals surface area contributed by atoms with Crippen molar-refractivity contribution in [3.8, 4) is 0 Å². The first kappa shape index (κ1) is 14.1. The molecule has 1 heterocycles. The SMILES string of the molecule is CCC(C)(N)C(=O)N1CCCC1c1ccccc1C. The van der Waals surface area contributed by atoms with E-state index in [-0.39, 0.29) is 11.9 Å². The van der Waals surface area contributed by atoms with Crippen LogP contribution in [0.15, 0.2) is 24.3 Å². The third kappa shape index (κ3) is 2.66. The van der Waals surface area contributed by atoms with Crippen LogP contribution in [0.2, 0.25) is 0 Å². The standard InChI is InChI=1S/C16H24N2O/c1-4-16(3,17)15(19)18-11-7-10-14(18)13-9-6-5-8-12(13)2/h5-6,8-9,14H,4,7,10-11,17H2,1-3H3. The van der Waals surface area contributed by atoms with E-state index >= 15 is 0 Å². The van der Waals surface area contributed by atoms with Crippen LogP contribution in [0, 0.1) is 6.92 Å². The Balaban J connectivity index is 2.28. The van der Waals surface area contributed by atoms with E-state index in [1.807, 2.05) is 30.9 Å². The Labute approximate surface area is 115 Å². The van der Waals surface area contributed by atoms with Crippen molar-refractivity contribution < 1.29 is 4.79 Å². The molecule has 2 unspecified atom stereocenters. The second-order valence-electron chi connectivity index (χ2n) is 5.78. The number of nitrogens with zero attached hydrogens (tertiary/aromatic N) is 1. The van der Waals surface area contributed by atoms with Gasteiger partial charge in [0.2, 0.25) is 5.91 Å². The largest absolute Gasteiger partial charge is 0.334 e. The first-order valence-electron chi connectivity index (χ1n) is 7.13. The highest BCUT2D eigenvalue weighted by Crippen LogP contribution is 2.35. The molecule has 2 rings (SSSR count). The summed E-state index contributed by atoms with van der Waals surface area (Å²) in [5.41, 5.74) is 7.90. The van der Waals surface area contributed by atoms with E-state index < -0.39 is 5.54 Å². The van der Waals surface area contributed by atoms with Gasteiger partial charge in [0.1, 0.15) is 0 Å². The number of likely N-dealkylation sites (tertiary alicyclic amines) is 1. The van der Waals surface area contributed by atoms with E-state index in [2.05, 4.69) is 19.1 Å². The lowest BCUT2D eigenvalue weighted by molar-refractivity contribution is -0.137. The highest BCUT2D eigenvalue weighted by atomic mass is 16.2. The first-order valence-corrected chi connectivity index (χ1v) is 7.13. The second-order valence-corrected chi connectivity index (χ2v) is 5.78. The molecule has 1 fully saturated rings. The number of rotatable bonds is 3. The molecule has 19 heavy (non-hydrogen) atoms. The van der Waals surface area contributed by atoms with Crippen molar-refractivity contribution in [1.29, 1.82) is 0 Å². The monoisotopic (exact) mass is 260 g/mol. The number of benzene rings is 1. The fourth-order valence-corrected chi connectivity index (χ4v) is 2.77. The molecule has 2 N–H and O–H groups in total. The van der Waals surface area contributed by atoms with Gasteiger partial charge in [-0.1, -0.05) is 31.2 Å². The van der Waals surface area contributed by atoms with Crippen LogP contribution in [0.25, 0.3) is 0 Å². The topological polar surface area (TPSA) is 46.3 Å². The van der Waals surface area contributed by atoms with E-state index in [1.165, 1.54) is 11.1 Å². The Morgan fingerprint density at radius 2 is 2.16 bits per heavy atom. The normalized spacial score (nSPS) is 22.3. The predicted molar refractivity (Wildman–Crippen MR) is 77.8 cm³/mol. The Morgan fingerprint density at radius 1 is 1.47 bits per heavy atom. The molecule has 0 spiro atoms. The fourth-order valence-electron chi connectivity index (χ4n) is 2.77. The average Bonchev–Trinajstić information content (AvgIpc) is 2.87. The maximum atomic E-state index is 12.6. The van der Waals surface area contributed by atoms with Crippen molar-refractivity contribution in [1.82, 2.24) is 4.90 Å². The molecule has 1 aromatic carbocycles. The number of amides is 1. The highest BCUT2D eigenvalue weighted by molar-refractivity contribution is 5.86. The highest BCUT2D eigenvalue weighted by Gasteiger charge is 2.37. The predicted octanol–water partition coefficient (Wildman–Crippen LogP) is 2.79. The molecule has 3 heteroatoms. The van der Waals surface area contributed by atoms with Crippen molar-refractivity contribution in [3.63, 3.8) is 0 Å². The molecule has 3 nitrogen and oxygen atoms in total. The van der Waals surface area contributed by atoms with Gasteiger partial charge in [-0.25, -0.2) is 0 Å². The molecule has 2 atom stereocenters. The summed E-state index contributed by atoms with van der Waals surface area (Å²) in [6, 6.07) is 8.52. The molecule has 0 aromatic heterocycles. The summed E-state index contributed by atoms with van der Waals surface area (Å²) < 4.78 is 0. The van der Waals surface area contributed by atoms with Gasteiger partial charge >= 0.3 is 0 Å². The molecular weight excluding hydrogens is 236 g/mol. The minimum atomic E-state index is -0.745. The number of nitrogens with two attached hydrogens (primary N) is 1. The molecule has 1 aliphatic rings. The van der Waals surface area contributed by atoms with Gasteiger partial charge in [-0.2, -0.15) is 0 Å². The quantitative estimate of drug-likeness (QED) is 0.908. The zero-order chi connectivity index (χ0) is 14.0. The number of aryl methyl sites for hydroxylation is 1. The molecule has 0 aliphatic carbocycles. The van der Waals surface area contributed by atoms with Gasteiger partial charge in [0, 0.05) is 6.54 Å². The van der Waals surface area contributed by atoms with E-state index in [1.54, 1.807) is 0 Å². The van der Waals surface area contributed by atoms with Crippen molar-refractivity contribution in [2.45, 2.75) is 51.6 Å².